The maximum Gasteiger partial charge on any atom is 0.219 e. The fourth-order valence-corrected chi connectivity index (χ4v) is 2.10. The summed E-state index contributed by atoms with van der Waals surface area (Å²) in [4.78, 5) is 11.6. The second-order valence-corrected chi connectivity index (χ2v) is 5.85. The first-order valence-electron chi connectivity index (χ1n) is 8.55. The Balaban J connectivity index is 3.15. The molecule has 3 heteroatoms. The van der Waals surface area contributed by atoms with Crippen LogP contribution in [-0.4, -0.2) is 25.2 Å². The molecule has 0 rings (SSSR count). The van der Waals surface area contributed by atoms with Crippen LogP contribution in [0.15, 0.2) is 0 Å². The van der Waals surface area contributed by atoms with Crippen LogP contribution >= 0.6 is 0 Å². The van der Waals surface area contributed by atoms with Crippen LogP contribution in [0.25, 0.3) is 0 Å². The Morgan fingerprint density at radius 2 is 1.60 bits per heavy atom. The zero-order valence-electron chi connectivity index (χ0n) is 13.9. The summed E-state index contributed by atoms with van der Waals surface area (Å²) in [6.07, 6.45) is 11.7. The van der Waals surface area contributed by atoms with E-state index in [1.807, 2.05) is 0 Å². The predicted octanol–water partition coefficient (Wildman–Crippen LogP) is 4.45. The monoisotopic (exact) mass is 285 g/mol. The molecule has 0 saturated heterocycles. The summed E-state index contributed by atoms with van der Waals surface area (Å²) in [5.41, 5.74) is 0. The van der Waals surface area contributed by atoms with Gasteiger partial charge >= 0.3 is 0 Å². The molecule has 20 heavy (non-hydrogen) atoms. The van der Waals surface area contributed by atoms with E-state index in [0.717, 1.165) is 38.8 Å². The second-order valence-electron chi connectivity index (χ2n) is 5.85. The number of carbonyl (C=O) groups is 1. The zero-order valence-corrected chi connectivity index (χ0v) is 13.9. The highest BCUT2D eigenvalue weighted by Crippen LogP contribution is 2.06. The van der Waals surface area contributed by atoms with E-state index < -0.39 is 0 Å². The summed E-state index contributed by atoms with van der Waals surface area (Å²) in [6.45, 7) is 8.07. The molecule has 0 fully saturated rings. The maximum absolute atomic E-state index is 11.6. The van der Waals surface area contributed by atoms with E-state index in [2.05, 4.69) is 26.1 Å². The van der Waals surface area contributed by atoms with Crippen molar-refractivity contribution in [2.45, 2.75) is 91.1 Å². The first kappa shape index (κ1) is 19.4. The molecule has 0 aliphatic carbocycles. The molecular weight excluding hydrogens is 250 g/mol. The van der Waals surface area contributed by atoms with Gasteiger partial charge in [0, 0.05) is 19.6 Å². The van der Waals surface area contributed by atoms with Crippen LogP contribution in [0.3, 0.4) is 0 Å². The Morgan fingerprint density at radius 1 is 0.950 bits per heavy atom. The Labute approximate surface area is 125 Å². The van der Waals surface area contributed by atoms with Crippen molar-refractivity contribution in [2.24, 2.45) is 0 Å². The van der Waals surface area contributed by atoms with E-state index in [4.69, 9.17) is 4.74 Å². The number of hydrogen-bond donors (Lipinski definition) is 1. The van der Waals surface area contributed by atoms with Crippen molar-refractivity contribution in [1.29, 1.82) is 0 Å². The molecule has 120 valence electrons. The summed E-state index contributed by atoms with van der Waals surface area (Å²) in [7, 11) is 0. The summed E-state index contributed by atoms with van der Waals surface area (Å²) in [5, 5.41) is 3.01. The minimum atomic E-state index is 0.227. The number of hydrogen-bond acceptors (Lipinski definition) is 2. The van der Waals surface area contributed by atoms with Gasteiger partial charge < -0.3 is 10.1 Å². The van der Waals surface area contributed by atoms with Crippen molar-refractivity contribution in [3.05, 3.63) is 0 Å². The molecule has 0 aromatic rings. The summed E-state index contributed by atoms with van der Waals surface area (Å²) < 4.78 is 5.49. The molecule has 0 radical (unpaired) electrons. The number of ether oxygens (including phenoxy) is 1. The van der Waals surface area contributed by atoms with Crippen LogP contribution in [0.4, 0.5) is 0 Å². The molecule has 0 heterocycles. The highest BCUT2D eigenvalue weighted by atomic mass is 16.5. The summed E-state index contributed by atoms with van der Waals surface area (Å²) >= 11 is 0. The average molecular weight is 285 g/mol. The fraction of sp³-hybridized carbons (Fsp3) is 0.941. The third-order valence-corrected chi connectivity index (χ3v) is 3.35. The molecule has 0 aliphatic rings. The lowest BCUT2D eigenvalue weighted by Crippen LogP contribution is -2.23. The van der Waals surface area contributed by atoms with E-state index in [1.54, 1.807) is 0 Å². The van der Waals surface area contributed by atoms with Gasteiger partial charge in [0.1, 0.15) is 0 Å². The normalized spacial score (nSPS) is 11.0. The number of carbonyl (C=O) groups excluding carboxylic acids is 1. The molecule has 0 aliphatic heterocycles. The van der Waals surface area contributed by atoms with Crippen molar-refractivity contribution in [3.8, 4) is 0 Å². The molecule has 0 bridgehead atoms. The molecule has 0 aromatic heterocycles. The average Bonchev–Trinajstić information content (AvgIpc) is 2.41. The lowest BCUT2D eigenvalue weighted by Gasteiger charge is -2.07. The molecule has 0 unspecified atom stereocenters. The van der Waals surface area contributed by atoms with Gasteiger partial charge in [-0.1, -0.05) is 45.4 Å². The molecule has 1 N–H and O–H groups in total. The summed E-state index contributed by atoms with van der Waals surface area (Å²) in [5.74, 6) is 0.227. The zero-order chi connectivity index (χ0) is 15.1. The standard InChI is InChI=1S/C17H35NO2/c1-4-5-6-11-14-18-17(19)13-10-8-7-9-12-15-20-16(2)3/h16H,4-15H2,1-3H3,(H,18,19). The Hall–Kier alpha value is -0.570. The van der Waals surface area contributed by atoms with Crippen molar-refractivity contribution in [1.82, 2.24) is 5.32 Å². The molecule has 0 saturated carbocycles. The van der Waals surface area contributed by atoms with E-state index >= 15 is 0 Å². The maximum atomic E-state index is 11.6. The lowest BCUT2D eigenvalue weighted by molar-refractivity contribution is -0.121. The first-order valence-corrected chi connectivity index (χ1v) is 8.55. The van der Waals surface area contributed by atoms with Gasteiger partial charge in [0.25, 0.3) is 0 Å². The minimum absolute atomic E-state index is 0.227. The van der Waals surface area contributed by atoms with E-state index in [9.17, 15) is 4.79 Å². The Kier molecular flexibility index (Phi) is 14.4. The molecular formula is C17H35NO2. The predicted molar refractivity (Wildman–Crippen MR) is 85.9 cm³/mol. The number of unbranched alkanes of at least 4 members (excludes halogenated alkanes) is 7. The van der Waals surface area contributed by atoms with Crippen molar-refractivity contribution >= 4 is 5.91 Å². The van der Waals surface area contributed by atoms with Gasteiger partial charge in [0.05, 0.1) is 6.10 Å². The second kappa shape index (κ2) is 14.8. The molecule has 3 nitrogen and oxygen atoms in total. The third-order valence-electron chi connectivity index (χ3n) is 3.35. The van der Waals surface area contributed by atoms with Crippen LogP contribution < -0.4 is 5.32 Å². The SMILES string of the molecule is CCCCCCNC(=O)CCCCCCCOC(C)C. The van der Waals surface area contributed by atoms with Gasteiger partial charge in [-0.2, -0.15) is 0 Å². The van der Waals surface area contributed by atoms with Crippen LogP contribution in [-0.2, 0) is 9.53 Å². The number of amides is 1. The van der Waals surface area contributed by atoms with Crippen LogP contribution in [0.2, 0.25) is 0 Å². The van der Waals surface area contributed by atoms with Gasteiger partial charge in [-0.3, -0.25) is 4.79 Å². The molecule has 0 atom stereocenters. The first-order chi connectivity index (χ1) is 9.66. The van der Waals surface area contributed by atoms with Gasteiger partial charge in [-0.05, 0) is 33.1 Å². The van der Waals surface area contributed by atoms with E-state index in [1.165, 1.54) is 32.1 Å². The van der Waals surface area contributed by atoms with Crippen LogP contribution in [0.5, 0.6) is 0 Å². The van der Waals surface area contributed by atoms with Gasteiger partial charge in [0.2, 0.25) is 5.91 Å². The minimum Gasteiger partial charge on any atom is -0.379 e. The smallest absolute Gasteiger partial charge is 0.219 e. The number of rotatable bonds is 14. The van der Waals surface area contributed by atoms with Gasteiger partial charge in [-0.15, -0.1) is 0 Å². The van der Waals surface area contributed by atoms with Crippen LogP contribution in [0.1, 0.15) is 85.0 Å². The fourth-order valence-electron chi connectivity index (χ4n) is 2.10. The third kappa shape index (κ3) is 15.5. The Morgan fingerprint density at radius 3 is 2.30 bits per heavy atom. The largest absolute Gasteiger partial charge is 0.379 e. The highest BCUT2D eigenvalue weighted by Gasteiger charge is 2.00. The molecule has 0 spiro atoms. The number of nitrogens with one attached hydrogen (secondary N) is 1. The molecule has 0 aromatic carbocycles. The molecule has 1 amide bonds. The topological polar surface area (TPSA) is 38.3 Å². The van der Waals surface area contributed by atoms with Gasteiger partial charge in [-0.25, -0.2) is 0 Å². The van der Waals surface area contributed by atoms with Crippen molar-refractivity contribution in [2.75, 3.05) is 13.2 Å². The Bertz CT molecular complexity index is 217. The highest BCUT2D eigenvalue weighted by molar-refractivity contribution is 5.75. The van der Waals surface area contributed by atoms with Crippen LogP contribution in [0, 0.1) is 0 Å². The van der Waals surface area contributed by atoms with Gasteiger partial charge in [0.15, 0.2) is 0 Å². The quantitative estimate of drug-likeness (QED) is 0.479. The van der Waals surface area contributed by atoms with Crippen molar-refractivity contribution < 1.29 is 9.53 Å². The van der Waals surface area contributed by atoms with Crippen molar-refractivity contribution in [3.63, 3.8) is 0 Å². The lowest BCUT2D eigenvalue weighted by atomic mass is 10.1. The van der Waals surface area contributed by atoms with E-state index in [0.29, 0.717) is 12.5 Å². The summed E-state index contributed by atoms with van der Waals surface area (Å²) in [6, 6.07) is 0. The van der Waals surface area contributed by atoms with E-state index in [-0.39, 0.29) is 5.91 Å².